The Bertz CT molecular complexity index is 455. The van der Waals surface area contributed by atoms with E-state index in [0.717, 1.165) is 12.3 Å². The zero-order chi connectivity index (χ0) is 15.3. The van der Waals surface area contributed by atoms with E-state index in [9.17, 15) is 0 Å². The topological polar surface area (TPSA) is 33.7 Å². The monoisotopic (exact) mass is 304 g/mol. The van der Waals surface area contributed by atoms with E-state index >= 15 is 0 Å². The van der Waals surface area contributed by atoms with Gasteiger partial charge in [0.05, 0.1) is 6.61 Å². The van der Waals surface area contributed by atoms with Crippen LogP contribution in [0, 0.1) is 5.41 Å². The Morgan fingerprint density at radius 3 is 2.59 bits per heavy atom. The highest BCUT2D eigenvalue weighted by atomic mass is 16.5. The number of methoxy groups -OCH3 is 1. The van der Waals surface area contributed by atoms with Gasteiger partial charge in [-0.2, -0.15) is 0 Å². The quantitative estimate of drug-likeness (QED) is 0.818. The summed E-state index contributed by atoms with van der Waals surface area (Å²) in [5.41, 5.74) is 1.97. The highest BCUT2D eigenvalue weighted by molar-refractivity contribution is 5.27. The fourth-order valence-corrected chi connectivity index (χ4v) is 3.72. The minimum absolute atomic E-state index is 0.592. The van der Waals surface area contributed by atoms with Crippen molar-refractivity contribution in [1.29, 1.82) is 0 Å². The van der Waals surface area contributed by atoms with E-state index in [1.54, 1.807) is 7.11 Å². The summed E-state index contributed by atoms with van der Waals surface area (Å²) in [6.07, 6.45) is 4.05. The normalized spacial score (nSPS) is 21.3. The number of rotatable bonds is 6. The van der Waals surface area contributed by atoms with Crippen LogP contribution in [-0.4, -0.2) is 51.4 Å². The Morgan fingerprint density at radius 1 is 1.09 bits per heavy atom. The molecule has 1 spiro atoms. The predicted molar refractivity (Wildman–Crippen MR) is 88.2 cm³/mol. The van der Waals surface area contributed by atoms with Crippen molar-refractivity contribution in [2.24, 2.45) is 5.41 Å². The van der Waals surface area contributed by atoms with Gasteiger partial charge in [-0.1, -0.05) is 12.1 Å². The van der Waals surface area contributed by atoms with Crippen molar-refractivity contribution in [2.75, 3.05) is 46.5 Å². The van der Waals surface area contributed by atoms with Crippen molar-refractivity contribution < 1.29 is 9.47 Å². The lowest BCUT2D eigenvalue weighted by Crippen LogP contribution is -2.38. The first-order valence-corrected chi connectivity index (χ1v) is 8.43. The second kappa shape index (κ2) is 7.44. The van der Waals surface area contributed by atoms with Crippen LogP contribution in [0.4, 0.5) is 0 Å². The molecule has 0 radical (unpaired) electrons. The molecule has 2 aliphatic heterocycles. The molecule has 1 aromatic carbocycles. The summed E-state index contributed by atoms with van der Waals surface area (Å²) in [5, 5.41) is 3.49. The molecule has 0 aromatic heterocycles. The van der Waals surface area contributed by atoms with Crippen molar-refractivity contribution in [3.8, 4) is 5.75 Å². The molecular weight excluding hydrogens is 276 g/mol. The molecule has 0 saturated carbocycles. The lowest BCUT2D eigenvalue weighted by atomic mass is 9.78. The molecule has 3 rings (SSSR count). The maximum atomic E-state index is 5.62. The van der Waals surface area contributed by atoms with Gasteiger partial charge in [-0.3, -0.25) is 4.90 Å². The molecule has 2 aliphatic rings. The van der Waals surface area contributed by atoms with Crippen LogP contribution in [0.3, 0.4) is 0 Å². The summed E-state index contributed by atoms with van der Waals surface area (Å²) < 4.78 is 10.6. The van der Waals surface area contributed by atoms with Crippen LogP contribution >= 0.6 is 0 Å². The summed E-state index contributed by atoms with van der Waals surface area (Å²) in [6.45, 7) is 7.20. The Labute approximate surface area is 133 Å². The van der Waals surface area contributed by atoms with Crippen LogP contribution in [0.15, 0.2) is 24.3 Å². The zero-order valence-electron chi connectivity index (χ0n) is 13.6. The molecule has 2 heterocycles. The molecule has 22 heavy (non-hydrogen) atoms. The first-order valence-electron chi connectivity index (χ1n) is 8.43. The smallest absolute Gasteiger partial charge is 0.119 e. The lowest BCUT2D eigenvalue weighted by Gasteiger charge is -2.33. The van der Waals surface area contributed by atoms with Crippen molar-refractivity contribution in [2.45, 2.75) is 25.8 Å². The third kappa shape index (κ3) is 4.00. The fourth-order valence-electron chi connectivity index (χ4n) is 3.72. The third-order valence-corrected chi connectivity index (χ3v) is 5.07. The van der Waals surface area contributed by atoms with Crippen LogP contribution in [0.25, 0.3) is 0 Å². The fraction of sp³-hybridized carbons (Fsp3) is 0.667. The standard InChI is InChI=1S/C18H28N2O2/c1-21-12-13-22-17-4-2-16(3-5-17)14-20-11-8-18(15-20)6-9-19-10-7-18/h2-5,19H,6-15H2,1H3. The van der Waals surface area contributed by atoms with Gasteiger partial charge in [0.15, 0.2) is 0 Å². The minimum Gasteiger partial charge on any atom is -0.491 e. The summed E-state index contributed by atoms with van der Waals surface area (Å²) in [6, 6.07) is 8.52. The van der Waals surface area contributed by atoms with E-state index in [-0.39, 0.29) is 0 Å². The van der Waals surface area contributed by atoms with Gasteiger partial charge in [-0.25, -0.2) is 0 Å². The molecular formula is C18H28N2O2. The average molecular weight is 304 g/mol. The maximum Gasteiger partial charge on any atom is 0.119 e. The lowest BCUT2D eigenvalue weighted by molar-refractivity contribution is 0.146. The van der Waals surface area contributed by atoms with Crippen LogP contribution in [-0.2, 0) is 11.3 Å². The van der Waals surface area contributed by atoms with Crippen LogP contribution < -0.4 is 10.1 Å². The molecule has 4 heteroatoms. The van der Waals surface area contributed by atoms with Gasteiger partial charge in [0, 0.05) is 20.2 Å². The van der Waals surface area contributed by atoms with Crippen molar-refractivity contribution in [3.05, 3.63) is 29.8 Å². The summed E-state index contributed by atoms with van der Waals surface area (Å²) in [4.78, 5) is 2.62. The minimum atomic E-state index is 0.592. The number of piperidine rings is 1. The molecule has 0 unspecified atom stereocenters. The number of hydrogen-bond acceptors (Lipinski definition) is 4. The van der Waals surface area contributed by atoms with Gasteiger partial charge < -0.3 is 14.8 Å². The molecule has 2 saturated heterocycles. The molecule has 0 aliphatic carbocycles. The highest BCUT2D eigenvalue weighted by Gasteiger charge is 2.38. The number of hydrogen-bond donors (Lipinski definition) is 1. The van der Waals surface area contributed by atoms with Gasteiger partial charge in [-0.15, -0.1) is 0 Å². The molecule has 0 atom stereocenters. The van der Waals surface area contributed by atoms with Gasteiger partial charge in [-0.05, 0) is 62.0 Å². The number of ether oxygens (including phenoxy) is 2. The Kier molecular flexibility index (Phi) is 5.34. The van der Waals surface area contributed by atoms with E-state index in [1.807, 2.05) is 0 Å². The summed E-state index contributed by atoms with van der Waals surface area (Å²) in [7, 11) is 1.69. The largest absolute Gasteiger partial charge is 0.491 e. The van der Waals surface area contributed by atoms with Crippen LogP contribution in [0.2, 0.25) is 0 Å². The molecule has 0 amide bonds. The molecule has 1 aromatic rings. The third-order valence-electron chi connectivity index (χ3n) is 5.07. The van der Waals surface area contributed by atoms with Crippen LogP contribution in [0.1, 0.15) is 24.8 Å². The van der Waals surface area contributed by atoms with Crippen LogP contribution in [0.5, 0.6) is 5.75 Å². The number of nitrogens with zero attached hydrogens (tertiary/aromatic N) is 1. The SMILES string of the molecule is COCCOc1ccc(CN2CCC3(CCNCC3)C2)cc1. The predicted octanol–water partition coefficient (Wildman–Crippen LogP) is 2.29. The van der Waals surface area contributed by atoms with Crippen molar-refractivity contribution in [3.63, 3.8) is 0 Å². The van der Waals surface area contributed by atoms with E-state index in [0.29, 0.717) is 18.6 Å². The number of benzene rings is 1. The van der Waals surface area contributed by atoms with Gasteiger partial charge in [0.1, 0.15) is 12.4 Å². The number of likely N-dealkylation sites (tertiary alicyclic amines) is 1. The molecule has 0 bridgehead atoms. The second-order valence-electron chi connectivity index (χ2n) is 6.70. The van der Waals surface area contributed by atoms with E-state index in [4.69, 9.17) is 9.47 Å². The molecule has 1 N–H and O–H groups in total. The van der Waals surface area contributed by atoms with Gasteiger partial charge in [0.25, 0.3) is 0 Å². The molecule has 122 valence electrons. The Balaban J connectivity index is 1.49. The maximum absolute atomic E-state index is 5.62. The van der Waals surface area contributed by atoms with Gasteiger partial charge >= 0.3 is 0 Å². The Hall–Kier alpha value is -1.10. The van der Waals surface area contributed by atoms with Gasteiger partial charge in [0.2, 0.25) is 0 Å². The highest BCUT2D eigenvalue weighted by Crippen LogP contribution is 2.39. The van der Waals surface area contributed by atoms with Crippen molar-refractivity contribution >= 4 is 0 Å². The van der Waals surface area contributed by atoms with Crippen molar-refractivity contribution in [1.82, 2.24) is 10.2 Å². The number of nitrogens with one attached hydrogen (secondary N) is 1. The zero-order valence-corrected chi connectivity index (χ0v) is 13.6. The Morgan fingerprint density at radius 2 is 1.86 bits per heavy atom. The molecule has 4 nitrogen and oxygen atoms in total. The van der Waals surface area contributed by atoms with E-state index in [1.165, 1.54) is 51.0 Å². The second-order valence-corrected chi connectivity index (χ2v) is 6.70. The summed E-state index contributed by atoms with van der Waals surface area (Å²) in [5.74, 6) is 0.928. The first-order chi connectivity index (χ1) is 10.8. The first kappa shape index (κ1) is 15.8. The van der Waals surface area contributed by atoms with E-state index in [2.05, 4.69) is 34.5 Å². The average Bonchev–Trinajstić information content (AvgIpc) is 2.92. The van der Waals surface area contributed by atoms with E-state index < -0.39 is 0 Å². The molecule has 2 fully saturated rings. The summed E-state index contributed by atoms with van der Waals surface area (Å²) >= 11 is 0.